The van der Waals surface area contributed by atoms with Gasteiger partial charge in [-0.3, -0.25) is 9.59 Å². The third-order valence-electron chi connectivity index (χ3n) is 2.94. The summed E-state index contributed by atoms with van der Waals surface area (Å²) in [7, 11) is 0. The maximum absolute atomic E-state index is 11.9. The highest BCUT2D eigenvalue weighted by molar-refractivity contribution is 6.02. The van der Waals surface area contributed by atoms with Gasteiger partial charge in [-0.05, 0) is 38.0 Å². The summed E-state index contributed by atoms with van der Waals surface area (Å²) in [5.74, 6) is 0.213. The SMILES string of the molecule is CC(C)/C=N\NC(=O)c1ccc2c(c1)NC(=O)C(C)(C)O2. The molecule has 0 aromatic heterocycles. The lowest BCUT2D eigenvalue weighted by Crippen LogP contribution is -2.45. The van der Waals surface area contributed by atoms with Crippen LogP contribution < -0.4 is 15.5 Å². The predicted molar refractivity (Wildman–Crippen MR) is 80.6 cm³/mol. The minimum Gasteiger partial charge on any atom is -0.476 e. The number of ether oxygens (including phenoxy) is 1. The van der Waals surface area contributed by atoms with Gasteiger partial charge in [-0.15, -0.1) is 0 Å². The Balaban J connectivity index is 2.17. The Labute approximate surface area is 123 Å². The van der Waals surface area contributed by atoms with Crippen LogP contribution in [0.25, 0.3) is 0 Å². The summed E-state index contributed by atoms with van der Waals surface area (Å²) in [5, 5.41) is 6.59. The molecule has 2 N–H and O–H groups in total. The maximum atomic E-state index is 11.9. The maximum Gasteiger partial charge on any atom is 0.271 e. The molecular weight excluding hydrogens is 270 g/mol. The fourth-order valence-corrected chi connectivity index (χ4v) is 1.76. The van der Waals surface area contributed by atoms with E-state index in [-0.39, 0.29) is 17.7 Å². The molecule has 0 unspecified atom stereocenters. The summed E-state index contributed by atoms with van der Waals surface area (Å²) < 4.78 is 5.61. The van der Waals surface area contributed by atoms with Gasteiger partial charge in [-0.1, -0.05) is 13.8 Å². The number of nitrogens with zero attached hydrogens (tertiary/aromatic N) is 1. The number of hydrazone groups is 1. The molecule has 6 heteroatoms. The van der Waals surface area contributed by atoms with Crippen LogP contribution in [0.4, 0.5) is 5.69 Å². The molecule has 0 fully saturated rings. The lowest BCUT2D eigenvalue weighted by atomic mass is 10.0. The molecule has 1 heterocycles. The number of hydrogen-bond donors (Lipinski definition) is 2. The van der Waals surface area contributed by atoms with E-state index in [4.69, 9.17) is 4.74 Å². The molecule has 1 aromatic rings. The summed E-state index contributed by atoms with van der Waals surface area (Å²) in [5.41, 5.74) is 2.41. The largest absolute Gasteiger partial charge is 0.476 e. The quantitative estimate of drug-likeness (QED) is 0.661. The van der Waals surface area contributed by atoms with E-state index in [1.165, 1.54) is 0 Å². The van der Waals surface area contributed by atoms with E-state index in [2.05, 4.69) is 15.8 Å². The van der Waals surface area contributed by atoms with Gasteiger partial charge in [-0.25, -0.2) is 5.43 Å². The Kier molecular flexibility index (Phi) is 3.97. The Morgan fingerprint density at radius 3 is 2.81 bits per heavy atom. The van der Waals surface area contributed by atoms with Gasteiger partial charge in [0, 0.05) is 11.8 Å². The first-order valence-electron chi connectivity index (χ1n) is 6.77. The van der Waals surface area contributed by atoms with E-state index in [1.54, 1.807) is 38.3 Å². The van der Waals surface area contributed by atoms with Crippen LogP contribution >= 0.6 is 0 Å². The van der Waals surface area contributed by atoms with Crippen molar-refractivity contribution in [1.82, 2.24) is 5.43 Å². The average Bonchev–Trinajstić information content (AvgIpc) is 2.38. The standard InChI is InChI=1S/C15H19N3O3/c1-9(2)8-16-18-13(19)10-5-6-12-11(7-10)17-14(20)15(3,4)21-12/h5-9H,1-4H3,(H,17,20)(H,18,19)/b16-8-. The zero-order valence-corrected chi connectivity index (χ0v) is 12.6. The summed E-state index contributed by atoms with van der Waals surface area (Å²) in [6, 6.07) is 4.87. The Morgan fingerprint density at radius 1 is 1.43 bits per heavy atom. The first-order chi connectivity index (χ1) is 9.79. The van der Waals surface area contributed by atoms with Crippen LogP contribution in [0.3, 0.4) is 0 Å². The van der Waals surface area contributed by atoms with Crippen molar-refractivity contribution in [2.45, 2.75) is 33.3 Å². The van der Waals surface area contributed by atoms with Gasteiger partial charge in [0.15, 0.2) is 5.60 Å². The van der Waals surface area contributed by atoms with Gasteiger partial charge in [0.05, 0.1) is 5.69 Å². The lowest BCUT2D eigenvalue weighted by molar-refractivity contribution is -0.129. The van der Waals surface area contributed by atoms with Crippen molar-refractivity contribution in [3.05, 3.63) is 23.8 Å². The second kappa shape index (κ2) is 5.55. The fourth-order valence-electron chi connectivity index (χ4n) is 1.76. The predicted octanol–water partition coefficient (Wildman–Crippen LogP) is 2.17. The molecule has 0 radical (unpaired) electrons. The molecule has 6 nitrogen and oxygen atoms in total. The van der Waals surface area contributed by atoms with Crippen molar-refractivity contribution in [3.63, 3.8) is 0 Å². The summed E-state index contributed by atoms with van der Waals surface area (Å²) in [4.78, 5) is 23.8. The van der Waals surface area contributed by atoms with Gasteiger partial charge < -0.3 is 10.1 Å². The van der Waals surface area contributed by atoms with Gasteiger partial charge in [-0.2, -0.15) is 5.10 Å². The van der Waals surface area contributed by atoms with Crippen molar-refractivity contribution < 1.29 is 14.3 Å². The third kappa shape index (κ3) is 3.39. The number of nitrogens with one attached hydrogen (secondary N) is 2. The number of carbonyl (C=O) groups excluding carboxylic acids is 2. The van der Waals surface area contributed by atoms with Crippen LogP contribution in [-0.2, 0) is 4.79 Å². The Morgan fingerprint density at radius 2 is 2.14 bits per heavy atom. The molecule has 1 aliphatic rings. The highest BCUT2D eigenvalue weighted by atomic mass is 16.5. The average molecular weight is 289 g/mol. The van der Waals surface area contributed by atoms with Crippen molar-refractivity contribution in [2.75, 3.05) is 5.32 Å². The molecule has 2 amide bonds. The van der Waals surface area contributed by atoms with E-state index in [0.29, 0.717) is 17.0 Å². The fraction of sp³-hybridized carbons (Fsp3) is 0.400. The zero-order chi connectivity index (χ0) is 15.6. The summed E-state index contributed by atoms with van der Waals surface area (Å²) in [6.45, 7) is 7.30. The molecule has 1 aliphatic heterocycles. The second-order valence-corrected chi connectivity index (χ2v) is 5.74. The number of benzene rings is 1. The molecular formula is C15H19N3O3. The van der Waals surface area contributed by atoms with Crippen LogP contribution in [0.5, 0.6) is 5.75 Å². The van der Waals surface area contributed by atoms with Crippen molar-refractivity contribution in [3.8, 4) is 5.75 Å². The normalized spacial score (nSPS) is 16.3. The topological polar surface area (TPSA) is 79.8 Å². The first kappa shape index (κ1) is 15.0. The third-order valence-corrected chi connectivity index (χ3v) is 2.94. The van der Waals surface area contributed by atoms with Crippen LogP contribution in [0, 0.1) is 5.92 Å². The van der Waals surface area contributed by atoms with E-state index < -0.39 is 5.60 Å². The van der Waals surface area contributed by atoms with Crippen LogP contribution in [0.15, 0.2) is 23.3 Å². The molecule has 0 atom stereocenters. The molecule has 0 bridgehead atoms. The first-order valence-corrected chi connectivity index (χ1v) is 6.77. The van der Waals surface area contributed by atoms with E-state index >= 15 is 0 Å². The minimum absolute atomic E-state index is 0.245. The molecule has 21 heavy (non-hydrogen) atoms. The molecule has 112 valence electrons. The number of amides is 2. The van der Waals surface area contributed by atoms with Crippen molar-refractivity contribution in [1.29, 1.82) is 0 Å². The van der Waals surface area contributed by atoms with Crippen LogP contribution in [-0.4, -0.2) is 23.6 Å². The molecule has 0 saturated heterocycles. The molecule has 0 spiro atoms. The smallest absolute Gasteiger partial charge is 0.271 e. The molecule has 0 saturated carbocycles. The molecule has 2 rings (SSSR count). The lowest BCUT2D eigenvalue weighted by Gasteiger charge is -2.31. The Hall–Kier alpha value is -2.37. The van der Waals surface area contributed by atoms with Gasteiger partial charge in [0.1, 0.15) is 5.75 Å². The summed E-state index contributed by atoms with van der Waals surface area (Å²) in [6.07, 6.45) is 1.64. The number of hydrogen-bond acceptors (Lipinski definition) is 4. The van der Waals surface area contributed by atoms with Gasteiger partial charge >= 0.3 is 0 Å². The second-order valence-electron chi connectivity index (χ2n) is 5.74. The van der Waals surface area contributed by atoms with Crippen molar-refractivity contribution >= 4 is 23.7 Å². The van der Waals surface area contributed by atoms with Crippen LogP contribution in [0.2, 0.25) is 0 Å². The monoisotopic (exact) mass is 289 g/mol. The number of anilines is 1. The highest BCUT2D eigenvalue weighted by Gasteiger charge is 2.35. The highest BCUT2D eigenvalue weighted by Crippen LogP contribution is 2.34. The number of carbonyl (C=O) groups is 2. The minimum atomic E-state index is -0.918. The summed E-state index contributed by atoms with van der Waals surface area (Å²) >= 11 is 0. The number of rotatable bonds is 3. The van der Waals surface area contributed by atoms with Crippen molar-refractivity contribution in [2.24, 2.45) is 11.0 Å². The van der Waals surface area contributed by atoms with Gasteiger partial charge in [0.2, 0.25) is 0 Å². The Bertz CT molecular complexity index is 606. The number of fused-ring (bicyclic) bond motifs is 1. The van der Waals surface area contributed by atoms with E-state index in [9.17, 15) is 9.59 Å². The van der Waals surface area contributed by atoms with Gasteiger partial charge in [0.25, 0.3) is 11.8 Å². The molecule has 1 aromatic carbocycles. The molecule has 0 aliphatic carbocycles. The van der Waals surface area contributed by atoms with E-state index in [1.807, 2.05) is 13.8 Å². The zero-order valence-electron chi connectivity index (χ0n) is 12.6. The van der Waals surface area contributed by atoms with E-state index in [0.717, 1.165) is 0 Å². The van der Waals surface area contributed by atoms with Crippen LogP contribution in [0.1, 0.15) is 38.1 Å².